The first-order valence-electron chi connectivity index (χ1n) is 14.5. The molecule has 4 fully saturated rings. The molecule has 1 aromatic carbocycles. The predicted octanol–water partition coefficient (Wildman–Crippen LogP) is 2.08. The number of cyclic esters (lactones) is 1. The smallest absolute Gasteiger partial charge is 0.407 e. The second kappa shape index (κ2) is 11.2. The number of amides is 2. The molecule has 3 heterocycles. The van der Waals surface area contributed by atoms with Crippen molar-refractivity contribution in [1.82, 2.24) is 5.32 Å². The summed E-state index contributed by atoms with van der Waals surface area (Å²) >= 11 is 0. The summed E-state index contributed by atoms with van der Waals surface area (Å²) in [6.45, 7) is 8.85. The number of carbonyl (C=O) groups excluding carboxylic acids is 2. The molecular weight excluding hydrogens is 521 g/mol. The zero-order chi connectivity index (χ0) is 28.8. The Labute approximate surface area is 234 Å². The molecule has 7 atom stereocenters. The number of aliphatic hydroxyl groups is 1. The van der Waals surface area contributed by atoms with Gasteiger partial charge in [-0.3, -0.25) is 0 Å². The van der Waals surface area contributed by atoms with Crippen LogP contribution in [0.15, 0.2) is 18.2 Å². The molecule has 0 bridgehead atoms. The molecule has 7 unspecified atom stereocenters. The maximum absolute atomic E-state index is 16.1. The van der Waals surface area contributed by atoms with Gasteiger partial charge in [0.1, 0.15) is 23.6 Å². The number of piperidine rings is 1. The molecule has 2 amide bonds. The third kappa shape index (κ3) is 4.89. The monoisotopic (exact) mass is 563 g/mol. The van der Waals surface area contributed by atoms with E-state index in [1.807, 2.05) is 25.7 Å². The summed E-state index contributed by atoms with van der Waals surface area (Å²) in [5.74, 6) is -2.52. The molecule has 1 aliphatic carbocycles. The number of benzene rings is 1. The van der Waals surface area contributed by atoms with Gasteiger partial charge in [-0.2, -0.15) is 0 Å². The van der Waals surface area contributed by atoms with Gasteiger partial charge in [-0.15, -0.1) is 0 Å². The van der Waals surface area contributed by atoms with Crippen LogP contribution in [-0.2, 0) is 24.5 Å². The van der Waals surface area contributed by atoms with E-state index in [0.29, 0.717) is 50.2 Å². The number of hydrogen-bond donors (Lipinski definition) is 3. The Morgan fingerprint density at radius 2 is 2.02 bits per heavy atom. The van der Waals surface area contributed by atoms with E-state index in [1.165, 1.54) is 13.0 Å². The van der Waals surface area contributed by atoms with E-state index in [-0.39, 0.29) is 37.0 Å². The van der Waals surface area contributed by atoms with Gasteiger partial charge in [0, 0.05) is 37.4 Å². The van der Waals surface area contributed by atoms with E-state index in [1.54, 1.807) is 12.1 Å². The van der Waals surface area contributed by atoms with E-state index in [9.17, 15) is 19.9 Å². The van der Waals surface area contributed by atoms with Crippen molar-refractivity contribution in [3.8, 4) is 0 Å². The summed E-state index contributed by atoms with van der Waals surface area (Å²) in [4.78, 5) is 26.9. The van der Waals surface area contributed by atoms with Crippen molar-refractivity contribution in [2.75, 3.05) is 37.7 Å². The molecule has 3 saturated heterocycles. The molecule has 5 rings (SSSR count). The van der Waals surface area contributed by atoms with Crippen molar-refractivity contribution in [2.24, 2.45) is 23.7 Å². The number of alkyl carbamates (subject to hydrolysis) is 1. The Bertz CT molecular complexity index is 1110. The average molecular weight is 564 g/mol. The third-order valence-corrected chi connectivity index (χ3v) is 9.67. The van der Waals surface area contributed by atoms with Crippen LogP contribution in [0.4, 0.5) is 14.9 Å². The highest BCUT2D eigenvalue weighted by Crippen LogP contribution is 2.52. The van der Waals surface area contributed by atoms with Crippen LogP contribution in [0.1, 0.15) is 58.9 Å². The molecule has 3 aliphatic heterocycles. The second-order valence-electron chi connectivity index (χ2n) is 12.3. The van der Waals surface area contributed by atoms with Crippen LogP contribution >= 0.6 is 0 Å². The molecule has 10 nitrogen and oxygen atoms in total. The van der Waals surface area contributed by atoms with Gasteiger partial charge in [-0.25, -0.2) is 14.0 Å². The summed E-state index contributed by atoms with van der Waals surface area (Å²) in [6, 6.07) is 4.92. The highest BCUT2D eigenvalue weighted by Gasteiger charge is 2.62. The van der Waals surface area contributed by atoms with Crippen LogP contribution in [0, 0.1) is 34.7 Å². The van der Waals surface area contributed by atoms with Crippen LogP contribution < -0.4 is 15.3 Å². The van der Waals surface area contributed by atoms with Crippen LogP contribution in [0.25, 0.3) is 0 Å². The lowest BCUT2D eigenvalue weighted by molar-refractivity contribution is -0.855. The van der Waals surface area contributed by atoms with Gasteiger partial charge in [0.15, 0.2) is 5.79 Å². The lowest BCUT2D eigenvalue weighted by atomic mass is 9.54. The van der Waals surface area contributed by atoms with Gasteiger partial charge in [0.05, 0.1) is 38.3 Å². The van der Waals surface area contributed by atoms with Gasteiger partial charge in [-0.1, -0.05) is 26.8 Å². The molecule has 222 valence electrons. The molecule has 0 aromatic heterocycles. The Balaban J connectivity index is 1.52. The highest BCUT2D eigenvalue weighted by atomic mass is 19.1. The van der Waals surface area contributed by atoms with Gasteiger partial charge in [-0.05, 0) is 36.8 Å². The van der Waals surface area contributed by atoms with E-state index in [4.69, 9.17) is 14.2 Å². The van der Waals surface area contributed by atoms with Crippen LogP contribution in [0.5, 0.6) is 0 Å². The SMILES string of the molecule is CC(=O)[NH+]([O-])C1(c2ccc(N3CCC4(CC3)OCC(CO)O4)c(F)c2)C(C(C)C)CCC(C)C1C1CNC(=O)O1. The predicted molar refractivity (Wildman–Crippen MR) is 144 cm³/mol. The minimum Gasteiger partial charge on any atom is -0.626 e. The quantitative estimate of drug-likeness (QED) is 0.450. The summed E-state index contributed by atoms with van der Waals surface area (Å²) < 4.78 is 33.5. The number of hydroxylamine groups is 2. The van der Waals surface area contributed by atoms with Gasteiger partial charge >= 0.3 is 12.0 Å². The number of ether oxygens (including phenoxy) is 3. The standard InChI is InChI=1S/C29H42FN3O7/c1-17(2)22-7-5-18(3)26(25-14-31-27(36)39-25)29(22,33(37)19(4)35)20-6-8-24(23(30)13-20)32-11-9-28(10-12-32)38-16-21(15-34)40-28/h6,8,13,17-18,21-22,25-26,33-34H,5,7,9-12,14-16H2,1-4H3,(H,31,36). The van der Waals surface area contributed by atoms with Crippen LogP contribution in [0.2, 0.25) is 0 Å². The Morgan fingerprint density at radius 1 is 1.30 bits per heavy atom. The second-order valence-corrected chi connectivity index (χ2v) is 12.3. The molecule has 1 aromatic rings. The van der Waals surface area contributed by atoms with Crippen molar-refractivity contribution in [3.05, 3.63) is 34.8 Å². The van der Waals surface area contributed by atoms with Gasteiger partial charge < -0.3 is 39.8 Å². The lowest BCUT2D eigenvalue weighted by Gasteiger charge is -2.57. The summed E-state index contributed by atoms with van der Waals surface area (Å²) in [7, 11) is 0. The number of carbonyl (C=O) groups is 2. The molecule has 11 heteroatoms. The fourth-order valence-electron chi connectivity index (χ4n) is 7.90. The largest absolute Gasteiger partial charge is 0.626 e. The van der Waals surface area contributed by atoms with Crippen LogP contribution in [0.3, 0.4) is 0 Å². The lowest BCUT2D eigenvalue weighted by Crippen LogP contribution is -3.19. The van der Waals surface area contributed by atoms with Gasteiger partial charge in [0.25, 0.3) is 0 Å². The molecular formula is C29H42FN3O7. The molecule has 3 N–H and O–H groups in total. The molecule has 4 aliphatic rings. The Kier molecular flexibility index (Phi) is 8.15. The number of quaternary nitrogens is 1. The molecule has 40 heavy (non-hydrogen) atoms. The third-order valence-electron chi connectivity index (χ3n) is 9.67. The summed E-state index contributed by atoms with van der Waals surface area (Å²) in [6.07, 6.45) is 1.09. The topological polar surface area (TPSA) is 125 Å². The van der Waals surface area contributed by atoms with Crippen molar-refractivity contribution in [2.45, 2.75) is 76.9 Å². The van der Waals surface area contributed by atoms with Crippen molar-refractivity contribution >= 4 is 17.7 Å². The van der Waals surface area contributed by atoms with E-state index in [2.05, 4.69) is 5.32 Å². The fraction of sp³-hybridized carbons (Fsp3) is 0.724. The van der Waals surface area contributed by atoms with Crippen molar-refractivity contribution < 1.29 is 38.4 Å². The Morgan fingerprint density at radius 3 is 2.58 bits per heavy atom. The first kappa shape index (κ1) is 29.2. The number of anilines is 1. The maximum atomic E-state index is 16.1. The van der Waals surface area contributed by atoms with E-state index >= 15 is 4.39 Å². The van der Waals surface area contributed by atoms with E-state index < -0.39 is 46.2 Å². The number of nitrogens with one attached hydrogen (secondary N) is 2. The number of hydrogen-bond acceptors (Lipinski definition) is 8. The maximum Gasteiger partial charge on any atom is 0.407 e. The minimum absolute atomic E-state index is 0.0264. The number of rotatable bonds is 6. The first-order chi connectivity index (χ1) is 19.0. The number of halogens is 1. The minimum atomic E-state index is -1.33. The molecule has 0 radical (unpaired) electrons. The van der Waals surface area contributed by atoms with Gasteiger partial charge in [0.2, 0.25) is 0 Å². The Hall–Kier alpha value is -2.31. The number of aliphatic hydroxyl groups excluding tert-OH is 1. The summed E-state index contributed by atoms with van der Waals surface area (Å²) in [5.41, 5.74) is -0.449. The van der Waals surface area contributed by atoms with Crippen molar-refractivity contribution in [3.63, 3.8) is 0 Å². The normalized spacial score (nSPS) is 34.6. The molecule has 1 saturated carbocycles. The summed E-state index contributed by atoms with van der Waals surface area (Å²) in [5, 5.41) is 25.7. The van der Waals surface area contributed by atoms with Crippen molar-refractivity contribution in [1.29, 1.82) is 0 Å². The average Bonchev–Trinajstić information content (AvgIpc) is 3.54. The fourth-order valence-corrected chi connectivity index (χ4v) is 7.90. The zero-order valence-corrected chi connectivity index (χ0v) is 23.8. The molecule has 1 spiro atoms. The van der Waals surface area contributed by atoms with Crippen LogP contribution in [-0.4, -0.2) is 68.0 Å². The van der Waals surface area contributed by atoms with E-state index in [0.717, 1.165) is 6.42 Å². The number of nitrogens with zero attached hydrogens (tertiary/aromatic N) is 1. The highest BCUT2D eigenvalue weighted by molar-refractivity contribution is 5.69. The first-order valence-corrected chi connectivity index (χ1v) is 14.5. The zero-order valence-electron chi connectivity index (χ0n) is 23.8.